The molecule has 2 rings (SSSR count). The van der Waals surface area contributed by atoms with Crippen molar-refractivity contribution in [1.82, 2.24) is 9.47 Å². The van der Waals surface area contributed by atoms with Gasteiger partial charge in [-0.05, 0) is 55.1 Å². The van der Waals surface area contributed by atoms with Crippen molar-refractivity contribution in [2.24, 2.45) is 0 Å². The Morgan fingerprint density at radius 3 is 2.71 bits per heavy atom. The van der Waals surface area contributed by atoms with E-state index in [1.807, 2.05) is 30.7 Å². The van der Waals surface area contributed by atoms with Crippen LogP contribution in [0.5, 0.6) is 0 Å². The number of likely N-dealkylation sites (tertiary alicyclic amines) is 1. The number of hydrogen-bond donors (Lipinski definition) is 0. The maximum atomic E-state index is 12.8. The molecule has 0 spiro atoms. The monoisotopic (exact) mass is 356 g/mol. The standard InChI is InChI=1S/C15H21BrN2O3/c1-10(2)18-9-11(16)8-13(18)14(19)17-7-5-4-6-12(17)15(20)21-3/h8-10,12H,4-7H2,1-3H3/t12-/m1/s1. The topological polar surface area (TPSA) is 51.5 Å². The van der Waals surface area contributed by atoms with E-state index >= 15 is 0 Å². The third kappa shape index (κ3) is 3.31. The van der Waals surface area contributed by atoms with Gasteiger partial charge in [0, 0.05) is 23.3 Å². The number of piperidine rings is 1. The Bertz CT molecular complexity index is 539. The number of rotatable bonds is 3. The van der Waals surface area contributed by atoms with Crippen molar-refractivity contribution in [2.75, 3.05) is 13.7 Å². The SMILES string of the molecule is COC(=O)[C@H]1CCCCN1C(=O)c1cc(Br)cn1C(C)C. The van der Waals surface area contributed by atoms with Crippen LogP contribution in [0.15, 0.2) is 16.7 Å². The summed E-state index contributed by atoms with van der Waals surface area (Å²) in [6.07, 6.45) is 4.43. The van der Waals surface area contributed by atoms with Gasteiger partial charge in [0.2, 0.25) is 0 Å². The molecule has 6 heteroatoms. The second kappa shape index (κ2) is 6.64. The van der Waals surface area contributed by atoms with Gasteiger partial charge in [0.25, 0.3) is 5.91 Å². The molecule has 21 heavy (non-hydrogen) atoms. The van der Waals surface area contributed by atoms with Gasteiger partial charge in [-0.3, -0.25) is 4.79 Å². The van der Waals surface area contributed by atoms with E-state index in [0.717, 1.165) is 17.3 Å². The minimum absolute atomic E-state index is 0.107. The predicted molar refractivity (Wildman–Crippen MR) is 83.2 cm³/mol. The van der Waals surface area contributed by atoms with Gasteiger partial charge in [-0.1, -0.05) is 0 Å². The second-order valence-electron chi connectivity index (χ2n) is 5.58. The molecule has 116 valence electrons. The van der Waals surface area contributed by atoms with Crippen molar-refractivity contribution in [3.8, 4) is 0 Å². The van der Waals surface area contributed by atoms with Crippen LogP contribution in [0.2, 0.25) is 0 Å². The molecule has 0 aliphatic carbocycles. The second-order valence-corrected chi connectivity index (χ2v) is 6.49. The molecule has 0 aromatic carbocycles. The highest BCUT2D eigenvalue weighted by Crippen LogP contribution is 2.25. The summed E-state index contributed by atoms with van der Waals surface area (Å²) in [6.45, 7) is 4.65. The van der Waals surface area contributed by atoms with Crippen molar-refractivity contribution < 1.29 is 14.3 Å². The summed E-state index contributed by atoms with van der Waals surface area (Å²) in [5.74, 6) is -0.436. The van der Waals surface area contributed by atoms with Gasteiger partial charge in [-0.25, -0.2) is 4.79 Å². The normalized spacial score (nSPS) is 18.9. The molecule has 2 heterocycles. The van der Waals surface area contributed by atoms with Gasteiger partial charge < -0.3 is 14.2 Å². The number of nitrogens with zero attached hydrogens (tertiary/aromatic N) is 2. The van der Waals surface area contributed by atoms with Crippen LogP contribution in [0.4, 0.5) is 0 Å². The van der Waals surface area contributed by atoms with Crippen molar-refractivity contribution in [3.63, 3.8) is 0 Å². The van der Waals surface area contributed by atoms with Crippen molar-refractivity contribution in [2.45, 2.75) is 45.2 Å². The zero-order valence-electron chi connectivity index (χ0n) is 12.6. The summed E-state index contributed by atoms with van der Waals surface area (Å²) in [5.41, 5.74) is 0.604. The van der Waals surface area contributed by atoms with E-state index in [1.54, 1.807) is 4.90 Å². The summed E-state index contributed by atoms with van der Waals surface area (Å²) in [7, 11) is 1.37. The first-order chi connectivity index (χ1) is 9.95. The van der Waals surface area contributed by atoms with E-state index in [9.17, 15) is 9.59 Å². The van der Waals surface area contributed by atoms with E-state index < -0.39 is 6.04 Å². The minimum Gasteiger partial charge on any atom is -0.467 e. The summed E-state index contributed by atoms with van der Waals surface area (Å²) in [4.78, 5) is 26.4. The van der Waals surface area contributed by atoms with Gasteiger partial charge in [0.1, 0.15) is 11.7 Å². The maximum absolute atomic E-state index is 12.8. The summed E-state index contributed by atoms with van der Waals surface area (Å²) in [6, 6.07) is 1.52. The Hall–Kier alpha value is -1.30. The van der Waals surface area contributed by atoms with E-state index in [4.69, 9.17) is 4.74 Å². The van der Waals surface area contributed by atoms with Crippen molar-refractivity contribution >= 4 is 27.8 Å². The first-order valence-corrected chi connectivity index (χ1v) is 8.01. The van der Waals surface area contributed by atoms with E-state index in [-0.39, 0.29) is 17.9 Å². The highest BCUT2D eigenvalue weighted by Gasteiger charge is 2.34. The zero-order valence-corrected chi connectivity index (χ0v) is 14.2. The number of esters is 1. The van der Waals surface area contributed by atoms with Gasteiger partial charge in [-0.15, -0.1) is 0 Å². The lowest BCUT2D eigenvalue weighted by atomic mass is 10.0. The number of halogens is 1. The summed E-state index contributed by atoms with van der Waals surface area (Å²) >= 11 is 3.42. The zero-order chi connectivity index (χ0) is 15.6. The molecule has 1 fully saturated rings. The van der Waals surface area contributed by atoms with Gasteiger partial charge in [-0.2, -0.15) is 0 Å². The molecule has 1 amide bonds. The van der Waals surface area contributed by atoms with E-state index in [0.29, 0.717) is 18.7 Å². The Labute approximate surface area is 133 Å². The molecule has 1 aromatic heterocycles. The lowest BCUT2D eigenvalue weighted by molar-refractivity contribution is -0.147. The molecule has 1 saturated heterocycles. The number of ether oxygens (including phenoxy) is 1. The van der Waals surface area contributed by atoms with Crippen LogP contribution in [0.25, 0.3) is 0 Å². The smallest absolute Gasteiger partial charge is 0.328 e. The van der Waals surface area contributed by atoms with Crippen LogP contribution >= 0.6 is 15.9 Å². The number of aromatic nitrogens is 1. The Balaban J connectivity index is 2.31. The lowest BCUT2D eigenvalue weighted by Gasteiger charge is -2.34. The molecule has 0 unspecified atom stereocenters. The number of carbonyl (C=O) groups excluding carboxylic acids is 2. The predicted octanol–water partition coefficient (Wildman–Crippen LogP) is 3.00. The Morgan fingerprint density at radius 1 is 1.38 bits per heavy atom. The minimum atomic E-state index is -0.467. The highest BCUT2D eigenvalue weighted by atomic mass is 79.9. The van der Waals surface area contributed by atoms with Gasteiger partial charge in [0.05, 0.1) is 7.11 Å². The van der Waals surface area contributed by atoms with Gasteiger partial charge >= 0.3 is 5.97 Å². The third-order valence-electron chi connectivity index (χ3n) is 3.83. The Morgan fingerprint density at radius 2 is 2.10 bits per heavy atom. The van der Waals surface area contributed by atoms with Crippen LogP contribution < -0.4 is 0 Å². The van der Waals surface area contributed by atoms with Crippen LogP contribution in [0.1, 0.15) is 49.6 Å². The summed E-state index contributed by atoms with van der Waals surface area (Å²) in [5, 5.41) is 0. The van der Waals surface area contributed by atoms with Gasteiger partial charge in [0.15, 0.2) is 0 Å². The molecule has 0 saturated carbocycles. The highest BCUT2D eigenvalue weighted by molar-refractivity contribution is 9.10. The number of hydrogen-bond acceptors (Lipinski definition) is 3. The van der Waals surface area contributed by atoms with E-state index in [2.05, 4.69) is 15.9 Å². The number of methoxy groups -OCH3 is 1. The van der Waals surface area contributed by atoms with Crippen LogP contribution in [-0.4, -0.2) is 41.0 Å². The quantitative estimate of drug-likeness (QED) is 0.782. The van der Waals surface area contributed by atoms with Crippen LogP contribution in [0, 0.1) is 0 Å². The van der Waals surface area contributed by atoms with E-state index in [1.165, 1.54) is 7.11 Å². The van der Waals surface area contributed by atoms with Crippen LogP contribution in [0.3, 0.4) is 0 Å². The fourth-order valence-electron chi connectivity index (χ4n) is 2.75. The molecular formula is C15H21BrN2O3. The number of amides is 1. The summed E-state index contributed by atoms with van der Waals surface area (Å²) < 4.78 is 7.63. The molecule has 5 nitrogen and oxygen atoms in total. The largest absolute Gasteiger partial charge is 0.467 e. The first-order valence-electron chi connectivity index (χ1n) is 7.22. The molecule has 0 N–H and O–H groups in total. The molecule has 0 radical (unpaired) electrons. The first kappa shape index (κ1) is 16.1. The average Bonchev–Trinajstić information content (AvgIpc) is 2.88. The van der Waals surface area contributed by atoms with Crippen molar-refractivity contribution in [3.05, 3.63) is 22.4 Å². The van der Waals surface area contributed by atoms with Crippen LogP contribution in [-0.2, 0) is 9.53 Å². The molecule has 1 aromatic rings. The lowest BCUT2D eigenvalue weighted by Crippen LogP contribution is -2.49. The molecular weight excluding hydrogens is 336 g/mol. The molecule has 1 aliphatic rings. The van der Waals surface area contributed by atoms with Crippen molar-refractivity contribution in [1.29, 1.82) is 0 Å². The third-order valence-corrected chi connectivity index (χ3v) is 4.26. The Kier molecular flexibility index (Phi) is 5.08. The maximum Gasteiger partial charge on any atom is 0.328 e. The molecule has 1 atom stereocenters. The molecule has 0 bridgehead atoms. The average molecular weight is 357 g/mol. The fourth-order valence-corrected chi connectivity index (χ4v) is 3.18. The number of carbonyl (C=O) groups is 2. The fraction of sp³-hybridized carbons (Fsp3) is 0.600. The molecule has 1 aliphatic heterocycles.